The minimum Gasteiger partial charge on any atom is -0.493 e. The van der Waals surface area contributed by atoms with Crippen LogP contribution in [0.2, 0.25) is 5.02 Å². The predicted molar refractivity (Wildman–Crippen MR) is 131 cm³/mol. The van der Waals surface area contributed by atoms with Crippen LogP contribution in [0.5, 0.6) is 11.5 Å². The summed E-state index contributed by atoms with van der Waals surface area (Å²) in [5, 5.41) is 7.80. The summed E-state index contributed by atoms with van der Waals surface area (Å²) in [6, 6.07) is 21.3. The van der Waals surface area contributed by atoms with E-state index < -0.39 is 0 Å². The third-order valence-corrected chi connectivity index (χ3v) is 6.61. The number of hydrogen-bond donors (Lipinski definition) is 2. The molecule has 5 nitrogen and oxygen atoms in total. The molecule has 0 radical (unpaired) electrons. The Balaban J connectivity index is 1.58. The van der Waals surface area contributed by atoms with Crippen LogP contribution in [-0.2, 0) is 4.79 Å². The molecule has 1 aliphatic carbocycles. The van der Waals surface area contributed by atoms with Gasteiger partial charge in [-0.05, 0) is 59.9 Å². The zero-order chi connectivity index (χ0) is 22.9. The van der Waals surface area contributed by atoms with Crippen LogP contribution in [0.15, 0.2) is 78.0 Å². The largest absolute Gasteiger partial charge is 0.493 e. The standard InChI is InChI=1S/C27H25ClN2O3/c1-32-24-11-10-16(15-25(24)33-2)18-13-22-26(23(31)14-18)27(17-6-5-7-19(28)12-17)30-21-9-4-3-8-20(21)29-22/h3-12,15,18,27,29-30H,13-14H2,1-2H3/t18-,27-/m1/s1. The van der Waals surface area contributed by atoms with Gasteiger partial charge in [-0.15, -0.1) is 0 Å². The molecule has 0 fully saturated rings. The van der Waals surface area contributed by atoms with E-state index in [-0.39, 0.29) is 17.7 Å². The van der Waals surface area contributed by atoms with Crippen LogP contribution in [0.3, 0.4) is 0 Å². The first-order chi connectivity index (χ1) is 16.1. The highest BCUT2D eigenvalue weighted by atomic mass is 35.5. The Kier molecular flexibility index (Phi) is 5.73. The molecule has 2 aliphatic rings. The minimum absolute atomic E-state index is 0.0360. The van der Waals surface area contributed by atoms with Crippen molar-refractivity contribution in [2.75, 3.05) is 24.9 Å². The molecule has 0 saturated heterocycles. The second-order valence-electron chi connectivity index (χ2n) is 8.34. The van der Waals surface area contributed by atoms with Crippen molar-refractivity contribution in [2.45, 2.75) is 24.8 Å². The van der Waals surface area contributed by atoms with E-state index in [1.54, 1.807) is 14.2 Å². The lowest BCUT2D eigenvalue weighted by Crippen LogP contribution is -2.26. The molecule has 1 heterocycles. The number of anilines is 2. The Bertz CT molecular complexity index is 1250. The number of fused-ring (bicyclic) bond motifs is 1. The minimum atomic E-state index is -0.284. The number of nitrogens with one attached hydrogen (secondary N) is 2. The molecule has 5 rings (SSSR count). The molecular weight excluding hydrogens is 436 g/mol. The molecule has 3 aromatic rings. The normalized spacial score (nSPS) is 19.5. The fraction of sp³-hybridized carbons (Fsp3) is 0.222. The van der Waals surface area contributed by atoms with E-state index in [0.29, 0.717) is 29.4 Å². The van der Waals surface area contributed by atoms with Crippen molar-refractivity contribution >= 4 is 28.8 Å². The van der Waals surface area contributed by atoms with Gasteiger partial charge in [-0.3, -0.25) is 4.79 Å². The lowest BCUT2D eigenvalue weighted by atomic mass is 9.78. The zero-order valence-electron chi connectivity index (χ0n) is 18.5. The SMILES string of the molecule is COc1ccc([C@H]2CC(=O)C3=C(C2)Nc2ccccc2N[C@@H]3c2cccc(Cl)c2)cc1OC. The van der Waals surface area contributed by atoms with Gasteiger partial charge < -0.3 is 20.1 Å². The number of rotatable bonds is 4. The molecule has 0 bridgehead atoms. The van der Waals surface area contributed by atoms with Gasteiger partial charge in [0.1, 0.15) is 0 Å². The summed E-state index contributed by atoms with van der Waals surface area (Å²) in [7, 11) is 3.24. The smallest absolute Gasteiger partial charge is 0.163 e. The highest BCUT2D eigenvalue weighted by Gasteiger charge is 2.36. The third kappa shape index (κ3) is 4.05. The molecule has 2 atom stereocenters. The van der Waals surface area contributed by atoms with Crippen molar-refractivity contribution in [3.8, 4) is 11.5 Å². The van der Waals surface area contributed by atoms with Crippen molar-refractivity contribution in [1.82, 2.24) is 0 Å². The first-order valence-corrected chi connectivity index (χ1v) is 11.3. The number of allylic oxidation sites excluding steroid dienone is 1. The average Bonchev–Trinajstić information content (AvgIpc) is 3.00. The molecule has 168 valence electrons. The number of halogens is 1. The number of Topliss-reactive ketones (excluding diaryl/α,β-unsaturated/α-hetero) is 1. The number of ether oxygens (including phenoxy) is 2. The summed E-state index contributed by atoms with van der Waals surface area (Å²) in [4.78, 5) is 13.6. The maximum atomic E-state index is 13.6. The van der Waals surface area contributed by atoms with Crippen LogP contribution in [-0.4, -0.2) is 20.0 Å². The summed E-state index contributed by atoms with van der Waals surface area (Å²) in [5.74, 6) is 1.50. The van der Waals surface area contributed by atoms with Crippen LogP contribution in [0.25, 0.3) is 0 Å². The summed E-state index contributed by atoms with van der Waals surface area (Å²) >= 11 is 6.31. The molecule has 2 N–H and O–H groups in total. The summed E-state index contributed by atoms with van der Waals surface area (Å²) in [6.07, 6.45) is 1.13. The highest BCUT2D eigenvalue weighted by molar-refractivity contribution is 6.30. The summed E-state index contributed by atoms with van der Waals surface area (Å²) in [6.45, 7) is 0. The number of hydrogen-bond acceptors (Lipinski definition) is 5. The van der Waals surface area contributed by atoms with Crippen molar-refractivity contribution < 1.29 is 14.3 Å². The molecule has 6 heteroatoms. The van der Waals surface area contributed by atoms with Crippen LogP contribution in [0.1, 0.15) is 35.9 Å². The van der Waals surface area contributed by atoms with Gasteiger partial charge in [-0.1, -0.05) is 41.9 Å². The van der Waals surface area contributed by atoms with E-state index in [4.69, 9.17) is 21.1 Å². The van der Waals surface area contributed by atoms with Gasteiger partial charge in [0.2, 0.25) is 0 Å². The first kappa shape index (κ1) is 21.4. The highest BCUT2D eigenvalue weighted by Crippen LogP contribution is 2.45. The number of para-hydroxylation sites is 2. The van der Waals surface area contributed by atoms with Gasteiger partial charge in [-0.25, -0.2) is 0 Å². The average molecular weight is 461 g/mol. The number of carbonyl (C=O) groups is 1. The van der Waals surface area contributed by atoms with E-state index in [1.807, 2.05) is 66.7 Å². The number of methoxy groups -OCH3 is 2. The van der Waals surface area contributed by atoms with Crippen molar-refractivity contribution in [2.24, 2.45) is 0 Å². The van der Waals surface area contributed by atoms with E-state index in [1.165, 1.54) is 0 Å². The molecule has 0 amide bonds. The second kappa shape index (κ2) is 8.83. The maximum absolute atomic E-state index is 13.6. The lowest BCUT2D eigenvalue weighted by Gasteiger charge is -2.30. The zero-order valence-corrected chi connectivity index (χ0v) is 19.3. The maximum Gasteiger partial charge on any atom is 0.163 e. The Labute approximate surface area is 198 Å². The Hall–Kier alpha value is -3.44. The molecule has 3 aromatic carbocycles. The van der Waals surface area contributed by atoms with Crippen molar-refractivity contribution in [3.63, 3.8) is 0 Å². The second-order valence-corrected chi connectivity index (χ2v) is 8.77. The van der Waals surface area contributed by atoms with Gasteiger partial charge in [0.25, 0.3) is 0 Å². The van der Waals surface area contributed by atoms with E-state index in [9.17, 15) is 4.79 Å². The fourth-order valence-electron chi connectivity index (χ4n) is 4.77. The van der Waals surface area contributed by atoms with Gasteiger partial charge >= 0.3 is 0 Å². The van der Waals surface area contributed by atoms with Crippen LogP contribution >= 0.6 is 11.6 Å². The molecule has 0 unspecified atom stereocenters. The topological polar surface area (TPSA) is 59.6 Å². The molecule has 0 spiro atoms. The number of ketones is 1. The number of benzene rings is 3. The summed E-state index contributed by atoms with van der Waals surface area (Å²) in [5.41, 5.74) is 5.63. The van der Waals surface area contributed by atoms with Gasteiger partial charge in [0.15, 0.2) is 17.3 Å². The quantitative estimate of drug-likeness (QED) is 0.476. The van der Waals surface area contributed by atoms with E-state index in [2.05, 4.69) is 10.6 Å². The Morgan fingerprint density at radius 1 is 0.848 bits per heavy atom. The van der Waals surface area contributed by atoms with Gasteiger partial charge in [0, 0.05) is 22.7 Å². The molecule has 33 heavy (non-hydrogen) atoms. The fourth-order valence-corrected chi connectivity index (χ4v) is 4.97. The third-order valence-electron chi connectivity index (χ3n) is 6.37. The Morgan fingerprint density at radius 3 is 2.39 bits per heavy atom. The predicted octanol–water partition coefficient (Wildman–Crippen LogP) is 6.34. The molecule has 0 saturated carbocycles. The van der Waals surface area contributed by atoms with Crippen molar-refractivity contribution in [1.29, 1.82) is 0 Å². The van der Waals surface area contributed by atoms with Crippen LogP contribution in [0, 0.1) is 0 Å². The molecule has 0 aromatic heterocycles. The van der Waals surface area contributed by atoms with Crippen molar-refractivity contribution in [3.05, 3.63) is 94.1 Å². The first-order valence-electron chi connectivity index (χ1n) is 10.9. The lowest BCUT2D eigenvalue weighted by molar-refractivity contribution is -0.116. The summed E-state index contributed by atoms with van der Waals surface area (Å²) < 4.78 is 10.9. The van der Waals surface area contributed by atoms with Crippen LogP contribution in [0.4, 0.5) is 11.4 Å². The monoisotopic (exact) mass is 460 g/mol. The van der Waals surface area contributed by atoms with E-state index >= 15 is 0 Å². The Morgan fingerprint density at radius 2 is 1.64 bits per heavy atom. The molecular formula is C27H25ClN2O3. The number of carbonyl (C=O) groups excluding carboxylic acids is 1. The van der Waals surface area contributed by atoms with Gasteiger partial charge in [0.05, 0.1) is 31.6 Å². The van der Waals surface area contributed by atoms with Crippen LogP contribution < -0.4 is 20.1 Å². The van der Waals surface area contributed by atoms with E-state index in [0.717, 1.165) is 33.8 Å². The van der Waals surface area contributed by atoms with Gasteiger partial charge in [-0.2, -0.15) is 0 Å². The molecule has 1 aliphatic heterocycles.